The predicted molar refractivity (Wildman–Crippen MR) is 55.9 cm³/mol. The molecule has 0 bridgehead atoms. The Hall–Kier alpha value is -1.88. The van der Waals surface area contributed by atoms with Crippen LogP contribution in [0.3, 0.4) is 0 Å². The molecule has 0 saturated heterocycles. The molecule has 0 radical (unpaired) electrons. The van der Waals surface area contributed by atoms with E-state index in [1.54, 1.807) is 4.72 Å². The van der Waals surface area contributed by atoms with Crippen LogP contribution in [-0.2, 0) is 24.5 Å². The zero-order chi connectivity index (χ0) is 14.3. The van der Waals surface area contributed by atoms with Gasteiger partial charge in [0.15, 0.2) is 0 Å². The molecule has 11 heteroatoms. The first-order valence-electron chi connectivity index (χ1n) is 4.50. The fraction of sp³-hybridized carbons (Fsp3) is 0.571. The topological polar surface area (TPSA) is 159 Å². The number of hydrogen-bond acceptors (Lipinski definition) is 6. The molecule has 0 aromatic heterocycles. The lowest BCUT2D eigenvalue weighted by Gasteiger charge is -2.13. The van der Waals surface area contributed by atoms with Crippen molar-refractivity contribution in [3.8, 4) is 0 Å². The molecule has 0 aromatic rings. The Bertz CT molecular complexity index is 431. The number of carbonyl (C=O) groups is 3. The van der Waals surface area contributed by atoms with Gasteiger partial charge in [0.2, 0.25) is 0 Å². The van der Waals surface area contributed by atoms with E-state index >= 15 is 0 Å². The maximum absolute atomic E-state index is 11.2. The van der Waals surface area contributed by atoms with E-state index in [4.69, 9.17) is 10.2 Å². The lowest BCUT2D eigenvalue weighted by atomic mass is 10.2. The molecule has 0 rings (SSSR count). The van der Waals surface area contributed by atoms with Crippen molar-refractivity contribution in [2.24, 2.45) is 0 Å². The van der Waals surface area contributed by atoms with Crippen LogP contribution in [0.15, 0.2) is 0 Å². The van der Waals surface area contributed by atoms with Gasteiger partial charge in [-0.15, -0.1) is 0 Å². The second-order valence-corrected chi connectivity index (χ2v) is 4.48. The first-order chi connectivity index (χ1) is 8.18. The van der Waals surface area contributed by atoms with Gasteiger partial charge < -0.3 is 14.9 Å². The van der Waals surface area contributed by atoms with Gasteiger partial charge in [0.1, 0.15) is 6.04 Å². The summed E-state index contributed by atoms with van der Waals surface area (Å²) in [5.41, 5.74) is 0. The van der Waals surface area contributed by atoms with Gasteiger partial charge in [0, 0.05) is 6.42 Å². The van der Waals surface area contributed by atoms with Crippen molar-refractivity contribution in [1.82, 2.24) is 9.44 Å². The van der Waals surface area contributed by atoms with E-state index in [0.29, 0.717) is 0 Å². The third-order valence-electron chi connectivity index (χ3n) is 1.65. The van der Waals surface area contributed by atoms with Crippen LogP contribution in [0.2, 0.25) is 0 Å². The van der Waals surface area contributed by atoms with Crippen molar-refractivity contribution in [2.75, 3.05) is 7.11 Å². The summed E-state index contributed by atoms with van der Waals surface area (Å²) in [6.07, 6.45) is -2.31. The zero-order valence-corrected chi connectivity index (χ0v) is 10.1. The Morgan fingerprint density at radius 3 is 2.22 bits per heavy atom. The number of rotatable bonds is 7. The average Bonchev–Trinajstić information content (AvgIpc) is 2.22. The van der Waals surface area contributed by atoms with Gasteiger partial charge in [-0.25, -0.2) is 9.52 Å². The Morgan fingerprint density at radius 1 is 1.28 bits per heavy atom. The molecule has 0 aliphatic rings. The molecule has 18 heavy (non-hydrogen) atoms. The number of ether oxygens (including phenoxy) is 1. The number of carboxylic acid groups (broad SMARTS) is 2. The molecule has 0 spiro atoms. The number of amides is 1. The highest BCUT2D eigenvalue weighted by Crippen LogP contribution is 1.99. The van der Waals surface area contributed by atoms with E-state index in [9.17, 15) is 22.8 Å². The van der Waals surface area contributed by atoms with Crippen LogP contribution < -0.4 is 9.44 Å². The molecule has 0 saturated carbocycles. The molecule has 0 heterocycles. The summed E-state index contributed by atoms with van der Waals surface area (Å²) in [7, 11) is -3.51. The number of carboxylic acids is 2. The molecule has 1 atom stereocenters. The third-order valence-corrected chi connectivity index (χ3v) is 2.68. The summed E-state index contributed by atoms with van der Waals surface area (Å²) in [5, 5.41) is 17.0. The maximum Gasteiger partial charge on any atom is 0.421 e. The molecule has 104 valence electrons. The summed E-state index contributed by atoms with van der Waals surface area (Å²) in [5.74, 6) is -2.84. The largest absolute Gasteiger partial charge is 0.481 e. The molecular formula is C7H12N2O8S. The molecule has 10 nitrogen and oxygen atoms in total. The van der Waals surface area contributed by atoms with Crippen LogP contribution in [0.25, 0.3) is 0 Å². The highest BCUT2D eigenvalue weighted by molar-refractivity contribution is 7.88. The standard InChI is InChI=1S/C7H12N2O8S/c1-17-7(14)9-18(15,16)8-4(6(12)13)2-3-5(10)11/h4,8H,2-3H2,1H3,(H,9,14)(H,10,11)(H,12,13)/t4-/m0/s1. The second kappa shape index (κ2) is 6.76. The average molecular weight is 284 g/mol. The molecule has 4 N–H and O–H groups in total. The van der Waals surface area contributed by atoms with Gasteiger partial charge in [-0.2, -0.15) is 13.1 Å². The fourth-order valence-corrected chi connectivity index (χ4v) is 1.82. The quantitative estimate of drug-likeness (QED) is 0.439. The minimum absolute atomic E-state index is 0.466. The fourth-order valence-electron chi connectivity index (χ4n) is 0.869. The normalized spacial score (nSPS) is 12.5. The van der Waals surface area contributed by atoms with Crippen molar-refractivity contribution < 1.29 is 37.8 Å². The lowest BCUT2D eigenvalue weighted by Crippen LogP contribution is -2.48. The third kappa shape index (κ3) is 6.65. The number of methoxy groups -OCH3 is 1. The smallest absolute Gasteiger partial charge is 0.421 e. The minimum Gasteiger partial charge on any atom is -0.481 e. The highest BCUT2D eigenvalue weighted by Gasteiger charge is 2.25. The van der Waals surface area contributed by atoms with Gasteiger partial charge in [0.25, 0.3) is 0 Å². The summed E-state index contributed by atoms with van der Waals surface area (Å²) in [6, 6.07) is -1.66. The van der Waals surface area contributed by atoms with E-state index in [0.717, 1.165) is 7.11 Å². The Kier molecular flexibility index (Phi) is 6.05. The van der Waals surface area contributed by atoms with E-state index < -0.39 is 47.1 Å². The first kappa shape index (κ1) is 16.1. The number of nitrogens with one attached hydrogen (secondary N) is 2. The van der Waals surface area contributed by atoms with E-state index in [2.05, 4.69) is 4.74 Å². The Morgan fingerprint density at radius 2 is 1.83 bits per heavy atom. The minimum atomic E-state index is -4.43. The lowest BCUT2D eigenvalue weighted by molar-refractivity contribution is -0.140. The van der Waals surface area contributed by atoms with E-state index in [-0.39, 0.29) is 0 Å². The van der Waals surface area contributed by atoms with Crippen molar-refractivity contribution in [3.63, 3.8) is 0 Å². The van der Waals surface area contributed by atoms with E-state index in [1.807, 2.05) is 0 Å². The molecule has 1 amide bonds. The highest BCUT2D eigenvalue weighted by atomic mass is 32.2. The van der Waals surface area contributed by atoms with Crippen LogP contribution >= 0.6 is 0 Å². The van der Waals surface area contributed by atoms with Gasteiger partial charge in [-0.1, -0.05) is 0 Å². The van der Waals surface area contributed by atoms with E-state index in [1.165, 1.54) is 4.72 Å². The monoisotopic (exact) mass is 284 g/mol. The first-order valence-corrected chi connectivity index (χ1v) is 5.99. The van der Waals surface area contributed by atoms with Crippen molar-refractivity contribution >= 4 is 28.2 Å². The zero-order valence-electron chi connectivity index (χ0n) is 9.24. The Balaban J connectivity index is 4.62. The maximum atomic E-state index is 11.2. The summed E-state index contributed by atoms with van der Waals surface area (Å²) < 4.78 is 29.4. The van der Waals surface area contributed by atoms with Gasteiger partial charge >= 0.3 is 28.2 Å². The Labute approximate surface area is 102 Å². The molecular weight excluding hydrogens is 272 g/mol. The van der Waals surface area contributed by atoms with Crippen LogP contribution in [0.4, 0.5) is 4.79 Å². The SMILES string of the molecule is COC(=O)NS(=O)(=O)N[C@@H](CCC(=O)O)C(=O)O. The predicted octanol–water partition coefficient (Wildman–Crippen LogP) is -1.51. The summed E-state index contributed by atoms with van der Waals surface area (Å²) >= 11 is 0. The molecule has 0 unspecified atom stereocenters. The van der Waals surface area contributed by atoms with Crippen LogP contribution in [0, 0.1) is 0 Å². The van der Waals surface area contributed by atoms with Crippen LogP contribution in [-0.4, -0.2) is 49.8 Å². The van der Waals surface area contributed by atoms with Gasteiger partial charge in [0.05, 0.1) is 7.11 Å². The van der Waals surface area contributed by atoms with Crippen LogP contribution in [0.5, 0.6) is 0 Å². The molecule has 0 aromatic carbocycles. The molecule has 0 aliphatic carbocycles. The summed E-state index contributed by atoms with van der Waals surface area (Å²) in [4.78, 5) is 31.6. The van der Waals surface area contributed by atoms with Gasteiger partial charge in [-0.05, 0) is 6.42 Å². The molecule has 0 fully saturated rings. The van der Waals surface area contributed by atoms with Crippen molar-refractivity contribution in [3.05, 3.63) is 0 Å². The molecule has 0 aliphatic heterocycles. The number of aliphatic carboxylic acids is 2. The number of carbonyl (C=O) groups excluding carboxylic acids is 1. The van der Waals surface area contributed by atoms with Crippen molar-refractivity contribution in [1.29, 1.82) is 0 Å². The van der Waals surface area contributed by atoms with Crippen LogP contribution in [0.1, 0.15) is 12.8 Å². The van der Waals surface area contributed by atoms with Gasteiger partial charge in [-0.3, -0.25) is 9.59 Å². The van der Waals surface area contributed by atoms with Crippen molar-refractivity contribution in [2.45, 2.75) is 18.9 Å². The summed E-state index contributed by atoms with van der Waals surface area (Å²) in [6.45, 7) is 0. The second-order valence-electron chi connectivity index (χ2n) is 3.04. The number of hydrogen-bond donors (Lipinski definition) is 4.